The number of pyridine rings is 1. The highest BCUT2D eigenvalue weighted by atomic mass is 35.5. The number of hydrogen-bond acceptors (Lipinski definition) is 3. The van der Waals surface area contributed by atoms with Gasteiger partial charge in [-0.05, 0) is 18.4 Å². The summed E-state index contributed by atoms with van der Waals surface area (Å²) < 4.78 is 5.36. The van der Waals surface area contributed by atoms with Gasteiger partial charge in [-0.15, -0.1) is 0 Å². The van der Waals surface area contributed by atoms with Crippen LogP contribution in [0, 0.1) is 5.92 Å². The molecule has 86 valence electrons. The molecule has 1 aliphatic heterocycles. The molecule has 4 nitrogen and oxygen atoms in total. The Kier molecular flexibility index (Phi) is 3.41. The van der Waals surface area contributed by atoms with Crippen molar-refractivity contribution in [2.75, 3.05) is 11.9 Å². The standard InChI is InChI=1S/C11H13ClN2O2/c1-7-3-5-16-10(7)11(15)14-9-6-13-4-2-8(9)12/h2,4,6-7,10H,3,5H2,1H3,(H,14,15). The van der Waals surface area contributed by atoms with E-state index < -0.39 is 0 Å². The smallest absolute Gasteiger partial charge is 0.253 e. The molecule has 2 unspecified atom stereocenters. The Labute approximate surface area is 99.0 Å². The van der Waals surface area contributed by atoms with E-state index in [-0.39, 0.29) is 17.9 Å². The fourth-order valence-corrected chi connectivity index (χ4v) is 1.86. The SMILES string of the molecule is CC1CCOC1C(=O)Nc1cnccc1Cl. The fourth-order valence-electron chi connectivity index (χ4n) is 1.70. The van der Waals surface area contributed by atoms with E-state index in [4.69, 9.17) is 16.3 Å². The van der Waals surface area contributed by atoms with Crippen molar-refractivity contribution in [3.05, 3.63) is 23.5 Å². The van der Waals surface area contributed by atoms with E-state index in [0.29, 0.717) is 17.3 Å². The summed E-state index contributed by atoms with van der Waals surface area (Å²) in [5, 5.41) is 3.20. The molecule has 0 spiro atoms. The number of amides is 1. The summed E-state index contributed by atoms with van der Waals surface area (Å²) in [5.74, 6) is 0.0929. The molecule has 2 rings (SSSR count). The maximum Gasteiger partial charge on any atom is 0.253 e. The lowest BCUT2D eigenvalue weighted by Gasteiger charge is -2.14. The van der Waals surface area contributed by atoms with Gasteiger partial charge in [-0.25, -0.2) is 0 Å². The summed E-state index contributed by atoms with van der Waals surface area (Å²) in [6, 6.07) is 1.64. The molecule has 1 amide bonds. The number of nitrogens with one attached hydrogen (secondary N) is 1. The van der Waals surface area contributed by atoms with E-state index in [1.165, 1.54) is 6.20 Å². The number of carbonyl (C=O) groups is 1. The first-order valence-electron chi connectivity index (χ1n) is 5.20. The van der Waals surface area contributed by atoms with E-state index >= 15 is 0 Å². The van der Waals surface area contributed by atoms with Crippen LogP contribution in [0.4, 0.5) is 5.69 Å². The predicted octanol–water partition coefficient (Wildman–Crippen LogP) is 2.10. The minimum absolute atomic E-state index is 0.153. The monoisotopic (exact) mass is 240 g/mol. The van der Waals surface area contributed by atoms with Gasteiger partial charge in [-0.1, -0.05) is 18.5 Å². The molecule has 1 aromatic heterocycles. The largest absolute Gasteiger partial charge is 0.368 e. The third kappa shape index (κ3) is 2.33. The van der Waals surface area contributed by atoms with Crippen LogP contribution in [0.2, 0.25) is 5.02 Å². The Hall–Kier alpha value is -1.13. The lowest BCUT2D eigenvalue weighted by Crippen LogP contribution is -2.31. The molecular formula is C11H13ClN2O2. The van der Waals surface area contributed by atoms with Gasteiger partial charge in [0.2, 0.25) is 0 Å². The van der Waals surface area contributed by atoms with E-state index in [1.807, 2.05) is 6.92 Å². The zero-order chi connectivity index (χ0) is 11.5. The number of halogens is 1. The molecule has 2 heterocycles. The average Bonchev–Trinajstić information content (AvgIpc) is 2.68. The first-order valence-corrected chi connectivity index (χ1v) is 5.58. The third-order valence-corrected chi connectivity index (χ3v) is 3.00. The van der Waals surface area contributed by atoms with Crippen LogP contribution in [0.3, 0.4) is 0 Å². The number of aromatic nitrogens is 1. The Morgan fingerprint density at radius 1 is 1.69 bits per heavy atom. The highest BCUT2D eigenvalue weighted by molar-refractivity contribution is 6.33. The van der Waals surface area contributed by atoms with Gasteiger partial charge in [0, 0.05) is 12.8 Å². The third-order valence-electron chi connectivity index (χ3n) is 2.67. The second-order valence-corrected chi connectivity index (χ2v) is 4.31. The molecule has 5 heteroatoms. The van der Waals surface area contributed by atoms with Gasteiger partial charge in [-0.3, -0.25) is 9.78 Å². The van der Waals surface area contributed by atoms with Crippen LogP contribution in [0.15, 0.2) is 18.5 Å². The van der Waals surface area contributed by atoms with E-state index in [0.717, 1.165) is 6.42 Å². The molecule has 1 fully saturated rings. The lowest BCUT2D eigenvalue weighted by molar-refractivity contribution is -0.126. The van der Waals surface area contributed by atoms with Gasteiger partial charge in [0.15, 0.2) is 0 Å². The maximum atomic E-state index is 11.9. The zero-order valence-electron chi connectivity index (χ0n) is 8.94. The molecular weight excluding hydrogens is 228 g/mol. The molecule has 1 saturated heterocycles. The molecule has 0 saturated carbocycles. The topological polar surface area (TPSA) is 51.2 Å². The van der Waals surface area contributed by atoms with Crippen LogP contribution in [0.5, 0.6) is 0 Å². The normalized spacial score (nSPS) is 24.4. The quantitative estimate of drug-likeness (QED) is 0.861. The Balaban J connectivity index is 2.05. The number of rotatable bonds is 2. The van der Waals surface area contributed by atoms with Crippen molar-refractivity contribution in [3.63, 3.8) is 0 Å². The van der Waals surface area contributed by atoms with Crippen molar-refractivity contribution in [1.29, 1.82) is 0 Å². The van der Waals surface area contributed by atoms with Gasteiger partial charge in [0.25, 0.3) is 5.91 Å². The summed E-state index contributed by atoms with van der Waals surface area (Å²) in [6.45, 7) is 2.64. The molecule has 16 heavy (non-hydrogen) atoms. The van der Waals surface area contributed by atoms with Crippen LogP contribution >= 0.6 is 11.6 Å². The van der Waals surface area contributed by atoms with E-state index in [1.54, 1.807) is 12.3 Å². The van der Waals surface area contributed by atoms with Crippen LogP contribution < -0.4 is 5.32 Å². The van der Waals surface area contributed by atoms with Gasteiger partial charge < -0.3 is 10.1 Å². The summed E-state index contributed by atoms with van der Waals surface area (Å²) in [7, 11) is 0. The number of carbonyl (C=O) groups excluding carboxylic acids is 1. The molecule has 0 radical (unpaired) electrons. The predicted molar refractivity (Wildman–Crippen MR) is 61.4 cm³/mol. The Bertz CT molecular complexity index is 397. The van der Waals surface area contributed by atoms with Crippen molar-refractivity contribution in [2.45, 2.75) is 19.4 Å². The fraction of sp³-hybridized carbons (Fsp3) is 0.455. The Morgan fingerprint density at radius 2 is 2.50 bits per heavy atom. The van der Waals surface area contributed by atoms with E-state index in [9.17, 15) is 4.79 Å². The molecule has 1 aromatic rings. The molecule has 2 atom stereocenters. The molecule has 1 aliphatic rings. The summed E-state index contributed by atoms with van der Waals surface area (Å²) >= 11 is 5.92. The zero-order valence-corrected chi connectivity index (χ0v) is 9.70. The van der Waals surface area contributed by atoms with Crippen molar-refractivity contribution in [1.82, 2.24) is 4.98 Å². The van der Waals surface area contributed by atoms with Crippen LogP contribution in [-0.4, -0.2) is 23.6 Å². The highest BCUT2D eigenvalue weighted by Crippen LogP contribution is 2.24. The molecule has 1 N–H and O–H groups in total. The minimum atomic E-state index is -0.378. The second-order valence-electron chi connectivity index (χ2n) is 3.90. The maximum absolute atomic E-state index is 11.9. The first kappa shape index (κ1) is 11.4. The number of nitrogens with zero attached hydrogens (tertiary/aromatic N) is 1. The number of ether oxygens (including phenoxy) is 1. The van der Waals surface area contributed by atoms with Gasteiger partial charge in [0.1, 0.15) is 6.10 Å². The molecule has 0 aliphatic carbocycles. The van der Waals surface area contributed by atoms with Crippen LogP contribution in [0.25, 0.3) is 0 Å². The van der Waals surface area contributed by atoms with Crippen LogP contribution in [-0.2, 0) is 9.53 Å². The lowest BCUT2D eigenvalue weighted by atomic mass is 10.0. The van der Waals surface area contributed by atoms with Crippen molar-refractivity contribution in [3.8, 4) is 0 Å². The second kappa shape index (κ2) is 4.80. The number of hydrogen-bond donors (Lipinski definition) is 1. The summed E-state index contributed by atoms with van der Waals surface area (Å²) in [5.41, 5.74) is 0.525. The van der Waals surface area contributed by atoms with Gasteiger partial charge in [0.05, 0.1) is 16.9 Å². The summed E-state index contributed by atoms with van der Waals surface area (Å²) in [4.78, 5) is 15.8. The van der Waals surface area contributed by atoms with Crippen molar-refractivity contribution >= 4 is 23.2 Å². The van der Waals surface area contributed by atoms with Crippen molar-refractivity contribution in [2.24, 2.45) is 5.92 Å². The van der Waals surface area contributed by atoms with Crippen LogP contribution in [0.1, 0.15) is 13.3 Å². The molecule has 0 bridgehead atoms. The summed E-state index contributed by atoms with van der Waals surface area (Å²) in [6.07, 6.45) is 3.64. The molecule has 0 aromatic carbocycles. The van der Waals surface area contributed by atoms with Gasteiger partial charge in [-0.2, -0.15) is 0 Å². The number of anilines is 1. The van der Waals surface area contributed by atoms with Crippen molar-refractivity contribution < 1.29 is 9.53 Å². The Morgan fingerprint density at radius 3 is 3.12 bits per heavy atom. The first-order chi connectivity index (χ1) is 7.68. The minimum Gasteiger partial charge on any atom is -0.368 e. The highest BCUT2D eigenvalue weighted by Gasteiger charge is 2.31. The average molecular weight is 241 g/mol. The van der Waals surface area contributed by atoms with E-state index in [2.05, 4.69) is 10.3 Å². The van der Waals surface area contributed by atoms with Gasteiger partial charge >= 0.3 is 0 Å².